The third-order valence-corrected chi connectivity index (χ3v) is 8.42. The van der Waals surface area contributed by atoms with Gasteiger partial charge in [-0.1, -0.05) is 13.8 Å². The molecule has 0 saturated carbocycles. The normalized spacial score (nSPS) is 22.2. The van der Waals surface area contributed by atoms with E-state index in [0.717, 1.165) is 64.1 Å². The first-order valence-corrected chi connectivity index (χ1v) is 11.0. The summed E-state index contributed by atoms with van der Waals surface area (Å²) >= 11 is 1.73. The van der Waals surface area contributed by atoms with E-state index in [1.54, 1.807) is 15.6 Å². The molecule has 0 aliphatic carbocycles. The molecule has 2 fully saturated rings. The SMILES string of the molecule is CC(C)c1nc(CN2CCC(S(=O)(=O)N3CCCC3)CC2)cs1. The van der Waals surface area contributed by atoms with E-state index in [0.29, 0.717) is 5.92 Å². The van der Waals surface area contributed by atoms with Crippen molar-refractivity contribution in [1.29, 1.82) is 0 Å². The average molecular weight is 358 g/mol. The fourth-order valence-electron chi connectivity index (χ4n) is 3.41. The molecule has 0 N–H and O–H groups in total. The van der Waals surface area contributed by atoms with Crippen LogP contribution < -0.4 is 0 Å². The molecule has 7 heteroatoms. The zero-order chi connectivity index (χ0) is 16.4. The standard InChI is InChI=1S/C16H27N3O2S2/c1-13(2)16-17-14(12-22-16)11-18-9-5-15(6-10-18)23(20,21)19-7-3-4-8-19/h12-13,15H,3-11H2,1-2H3. The summed E-state index contributed by atoms with van der Waals surface area (Å²) in [5.41, 5.74) is 1.12. The molecule has 0 amide bonds. The Morgan fingerprint density at radius 3 is 2.43 bits per heavy atom. The van der Waals surface area contributed by atoms with Crippen LogP contribution in [0.25, 0.3) is 0 Å². The van der Waals surface area contributed by atoms with E-state index in [1.165, 1.54) is 5.01 Å². The predicted octanol–water partition coefficient (Wildman–Crippen LogP) is 2.66. The van der Waals surface area contributed by atoms with Crippen LogP contribution in [-0.2, 0) is 16.6 Å². The van der Waals surface area contributed by atoms with Crippen LogP contribution in [0.15, 0.2) is 5.38 Å². The fraction of sp³-hybridized carbons (Fsp3) is 0.812. The maximum atomic E-state index is 12.6. The summed E-state index contributed by atoms with van der Waals surface area (Å²) in [4.78, 5) is 7.03. The second-order valence-corrected chi connectivity index (χ2v) is 10.1. The molecule has 1 aromatic heterocycles. The zero-order valence-corrected chi connectivity index (χ0v) is 15.7. The lowest BCUT2D eigenvalue weighted by atomic mass is 10.1. The molecule has 2 saturated heterocycles. The van der Waals surface area contributed by atoms with E-state index in [2.05, 4.69) is 29.1 Å². The molecule has 2 aliphatic rings. The van der Waals surface area contributed by atoms with E-state index in [4.69, 9.17) is 0 Å². The van der Waals surface area contributed by atoms with Gasteiger partial charge in [-0.15, -0.1) is 11.3 Å². The van der Waals surface area contributed by atoms with Gasteiger partial charge in [0.2, 0.25) is 10.0 Å². The quantitative estimate of drug-likeness (QED) is 0.813. The fourth-order valence-corrected chi connectivity index (χ4v) is 6.23. The first kappa shape index (κ1) is 17.3. The van der Waals surface area contributed by atoms with E-state index >= 15 is 0 Å². The van der Waals surface area contributed by atoms with E-state index in [-0.39, 0.29) is 5.25 Å². The van der Waals surface area contributed by atoms with Crippen molar-refractivity contribution >= 4 is 21.4 Å². The Balaban J connectivity index is 1.53. The van der Waals surface area contributed by atoms with Crippen molar-refractivity contribution in [2.75, 3.05) is 26.2 Å². The van der Waals surface area contributed by atoms with Crippen LogP contribution in [0, 0.1) is 0 Å². The predicted molar refractivity (Wildman–Crippen MR) is 94.2 cm³/mol. The minimum Gasteiger partial charge on any atom is -0.297 e. The van der Waals surface area contributed by atoms with Gasteiger partial charge in [0.1, 0.15) is 0 Å². The number of hydrogen-bond acceptors (Lipinski definition) is 5. The third-order valence-electron chi connectivity index (χ3n) is 4.83. The number of rotatable bonds is 5. The molecule has 23 heavy (non-hydrogen) atoms. The second-order valence-electron chi connectivity index (χ2n) is 6.96. The minimum atomic E-state index is -3.07. The Morgan fingerprint density at radius 2 is 1.87 bits per heavy atom. The number of nitrogens with zero attached hydrogens (tertiary/aromatic N) is 3. The van der Waals surface area contributed by atoms with Crippen LogP contribution in [0.3, 0.4) is 0 Å². The monoisotopic (exact) mass is 357 g/mol. The minimum absolute atomic E-state index is 0.182. The summed E-state index contributed by atoms with van der Waals surface area (Å²) in [6.45, 7) is 8.32. The second kappa shape index (κ2) is 7.17. The first-order chi connectivity index (χ1) is 11.0. The maximum absolute atomic E-state index is 12.6. The molecule has 130 valence electrons. The van der Waals surface area contributed by atoms with E-state index < -0.39 is 10.0 Å². The lowest BCUT2D eigenvalue weighted by Crippen LogP contribution is -2.44. The third kappa shape index (κ3) is 3.95. The first-order valence-electron chi connectivity index (χ1n) is 8.62. The van der Waals surface area contributed by atoms with Gasteiger partial charge in [0, 0.05) is 30.9 Å². The molecule has 3 heterocycles. The largest absolute Gasteiger partial charge is 0.297 e. The highest BCUT2D eigenvalue weighted by molar-refractivity contribution is 7.89. The van der Waals surface area contributed by atoms with Crippen LogP contribution in [-0.4, -0.2) is 54.0 Å². The van der Waals surface area contributed by atoms with Crippen molar-refractivity contribution in [1.82, 2.24) is 14.2 Å². The summed E-state index contributed by atoms with van der Waals surface area (Å²) in [6.07, 6.45) is 3.53. The molecule has 0 unspecified atom stereocenters. The van der Waals surface area contributed by atoms with Gasteiger partial charge in [0.15, 0.2) is 0 Å². The Hall–Kier alpha value is -0.500. The highest BCUT2D eigenvalue weighted by Crippen LogP contribution is 2.26. The lowest BCUT2D eigenvalue weighted by Gasteiger charge is -2.33. The van der Waals surface area contributed by atoms with Crippen LogP contribution in [0.5, 0.6) is 0 Å². The van der Waals surface area contributed by atoms with Crippen molar-refractivity contribution in [3.8, 4) is 0 Å². The van der Waals surface area contributed by atoms with Crippen molar-refractivity contribution in [2.24, 2.45) is 0 Å². The zero-order valence-electron chi connectivity index (χ0n) is 14.1. The number of likely N-dealkylation sites (tertiary alicyclic amines) is 1. The van der Waals surface area contributed by atoms with Crippen molar-refractivity contribution in [2.45, 2.75) is 57.2 Å². The summed E-state index contributed by atoms with van der Waals surface area (Å²) in [5, 5.41) is 3.15. The van der Waals surface area contributed by atoms with Crippen molar-refractivity contribution in [3.05, 3.63) is 16.1 Å². The maximum Gasteiger partial charge on any atom is 0.217 e. The van der Waals surface area contributed by atoms with Gasteiger partial charge in [-0.2, -0.15) is 0 Å². The van der Waals surface area contributed by atoms with Crippen LogP contribution >= 0.6 is 11.3 Å². The van der Waals surface area contributed by atoms with Gasteiger partial charge in [0.25, 0.3) is 0 Å². The molecule has 3 rings (SSSR count). The van der Waals surface area contributed by atoms with E-state index in [1.807, 2.05) is 0 Å². The molecular formula is C16H27N3O2S2. The van der Waals surface area contributed by atoms with Gasteiger partial charge in [-0.3, -0.25) is 4.90 Å². The van der Waals surface area contributed by atoms with Crippen molar-refractivity contribution < 1.29 is 8.42 Å². The molecular weight excluding hydrogens is 330 g/mol. The molecule has 0 atom stereocenters. The summed E-state index contributed by atoms with van der Waals surface area (Å²) in [6, 6.07) is 0. The Kier molecular flexibility index (Phi) is 5.40. The topological polar surface area (TPSA) is 53.5 Å². The Morgan fingerprint density at radius 1 is 1.22 bits per heavy atom. The number of hydrogen-bond donors (Lipinski definition) is 0. The van der Waals surface area contributed by atoms with Gasteiger partial charge < -0.3 is 0 Å². The molecule has 0 aromatic carbocycles. The van der Waals surface area contributed by atoms with Gasteiger partial charge >= 0.3 is 0 Å². The van der Waals surface area contributed by atoms with Crippen LogP contribution in [0.1, 0.15) is 56.2 Å². The summed E-state index contributed by atoms with van der Waals surface area (Å²) in [7, 11) is -3.07. The molecule has 0 spiro atoms. The summed E-state index contributed by atoms with van der Waals surface area (Å²) < 4.78 is 27.0. The number of thiazole rings is 1. The lowest BCUT2D eigenvalue weighted by molar-refractivity contribution is 0.217. The summed E-state index contributed by atoms with van der Waals surface area (Å²) in [5.74, 6) is 0.477. The number of aromatic nitrogens is 1. The highest BCUT2D eigenvalue weighted by atomic mass is 32.2. The smallest absolute Gasteiger partial charge is 0.217 e. The van der Waals surface area contributed by atoms with Gasteiger partial charge in [0.05, 0.1) is 16.0 Å². The van der Waals surface area contributed by atoms with Crippen LogP contribution in [0.2, 0.25) is 0 Å². The molecule has 0 radical (unpaired) electrons. The average Bonchev–Trinajstić information content (AvgIpc) is 3.19. The Labute approximate surface area is 143 Å². The number of piperidine rings is 1. The van der Waals surface area contributed by atoms with E-state index in [9.17, 15) is 8.42 Å². The molecule has 0 bridgehead atoms. The highest BCUT2D eigenvalue weighted by Gasteiger charge is 2.35. The molecule has 1 aromatic rings. The van der Waals surface area contributed by atoms with Gasteiger partial charge in [-0.25, -0.2) is 17.7 Å². The van der Waals surface area contributed by atoms with Gasteiger partial charge in [-0.05, 0) is 38.8 Å². The van der Waals surface area contributed by atoms with Crippen LogP contribution in [0.4, 0.5) is 0 Å². The molecule has 5 nitrogen and oxygen atoms in total. The number of sulfonamides is 1. The molecule has 2 aliphatic heterocycles. The Bertz CT molecular complexity index is 613. The van der Waals surface area contributed by atoms with Crippen molar-refractivity contribution in [3.63, 3.8) is 0 Å².